The zero-order valence-electron chi connectivity index (χ0n) is 10.9. The van der Waals surface area contributed by atoms with E-state index in [1.54, 1.807) is 0 Å². The van der Waals surface area contributed by atoms with E-state index >= 15 is 0 Å². The Morgan fingerprint density at radius 3 is 2.65 bits per heavy atom. The molecule has 0 amide bonds. The quantitative estimate of drug-likeness (QED) is 0.547. The Hall–Kier alpha value is -0.790. The minimum absolute atomic E-state index is 0.137. The summed E-state index contributed by atoms with van der Waals surface area (Å²) in [5.74, 6) is 0.751. The first-order valence-corrected chi connectivity index (χ1v) is 7.13. The lowest BCUT2D eigenvalue weighted by Crippen LogP contribution is -2.28. The minimum Gasteiger partial charge on any atom is -0.458 e. The van der Waals surface area contributed by atoms with Gasteiger partial charge < -0.3 is 4.74 Å². The highest BCUT2D eigenvalue weighted by molar-refractivity contribution is 5.90. The van der Waals surface area contributed by atoms with Crippen molar-refractivity contribution in [3.63, 3.8) is 0 Å². The van der Waals surface area contributed by atoms with Crippen LogP contribution in [0.15, 0.2) is 12.2 Å². The lowest BCUT2D eigenvalue weighted by atomic mass is 9.78. The summed E-state index contributed by atoms with van der Waals surface area (Å²) in [4.78, 5) is 11.7. The molecule has 96 valence electrons. The maximum atomic E-state index is 11.7. The van der Waals surface area contributed by atoms with E-state index in [4.69, 9.17) is 4.74 Å². The van der Waals surface area contributed by atoms with Gasteiger partial charge in [-0.3, -0.25) is 0 Å². The first-order chi connectivity index (χ1) is 8.24. The Morgan fingerprint density at radius 2 is 2.00 bits per heavy atom. The van der Waals surface area contributed by atoms with E-state index in [0.717, 1.165) is 12.0 Å². The molecule has 0 aromatic rings. The molecule has 0 aromatic heterocycles. The summed E-state index contributed by atoms with van der Waals surface area (Å²) in [6.45, 7) is 6.13. The molecule has 2 heteroatoms. The van der Waals surface area contributed by atoms with Gasteiger partial charge >= 0.3 is 5.97 Å². The fraction of sp³-hybridized carbons (Fsp3) is 0.800. The van der Waals surface area contributed by atoms with E-state index in [2.05, 4.69) is 13.5 Å². The van der Waals surface area contributed by atoms with Gasteiger partial charge in [-0.05, 0) is 25.2 Å². The van der Waals surface area contributed by atoms with Gasteiger partial charge in [0.1, 0.15) is 6.10 Å². The molecule has 0 spiro atoms. The van der Waals surface area contributed by atoms with Crippen molar-refractivity contribution in [2.75, 3.05) is 0 Å². The van der Waals surface area contributed by atoms with Gasteiger partial charge in [0.15, 0.2) is 0 Å². The maximum Gasteiger partial charge on any atom is 0.334 e. The Bertz CT molecular complexity index is 289. The topological polar surface area (TPSA) is 26.3 Å². The molecule has 1 aliphatic heterocycles. The van der Waals surface area contributed by atoms with Crippen molar-refractivity contribution < 1.29 is 9.53 Å². The summed E-state index contributed by atoms with van der Waals surface area (Å²) in [5, 5.41) is 0. The average Bonchev–Trinajstić information content (AvgIpc) is 2.65. The van der Waals surface area contributed by atoms with Crippen LogP contribution >= 0.6 is 0 Å². The van der Waals surface area contributed by atoms with Gasteiger partial charge in [0.25, 0.3) is 0 Å². The Balaban J connectivity index is 2.02. The Labute approximate surface area is 104 Å². The van der Waals surface area contributed by atoms with Crippen LogP contribution < -0.4 is 0 Å². The normalized spacial score (nSPS) is 30.6. The highest BCUT2D eigenvalue weighted by atomic mass is 16.6. The molecule has 2 atom stereocenters. The van der Waals surface area contributed by atoms with Crippen LogP contribution in [0.5, 0.6) is 0 Å². The van der Waals surface area contributed by atoms with Crippen LogP contribution in [-0.2, 0) is 9.53 Å². The first-order valence-electron chi connectivity index (χ1n) is 7.13. The van der Waals surface area contributed by atoms with Crippen LogP contribution in [-0.4, -0.2) is 12.1 Å². The van der Waals surface area contributed by atoms with E-state index in [-0.39, 0.29) is 12.1 Å². The number of hydrogen-bond donors (Lipinski definition) is 0. The van der Waals surface area contributed by atoms with Crippen molar-refractivity contribution in [3.8, 4) is 0 Å². The molecule has 1 saturated carbocycles. The molecule has 0 radical (unpaired) electrons. The number of rotatable bonds is 4. The van der Waals surface area contributed by atoms with Gasteiger partial charge in [-0.2, -0.15) is 0 Å². The monoisotopic (exact) mass is 236 g/mol. The number of unbranched alkanes of at least 4 members (excludes halogenated alkanes) is 1. The van der Waals surface area contributed by atoms with Crippen LogP contribution in [0.1, 0.15) is 58.3 Å². The average molecular weight is 236 g/mol. The Morgan fingerprint density at radius 1 is 1.29 bits per heavy atom. The zero-order valence-corrected chi connectivity index (χ0v) is 10.9. The number of hydrogen-bond acceptors (Lipinski definition) is 2. The molecular formula is C15H24O2. The number of carbonyl (C=O) groups excluding carboxylic acids is 1. The Kier molecular flexibility index (Phi) is 4.25. The van der Waals surface area contributed by atoms with Crippen molar-refractivity contribution in [3.05, 3.63) is 12.2 Å². The second kappa shape index (κ2) is 5.70. The third kappa shape index (κ3) is 2.72. The van der Waals surface area contributed by atoms with Gasteiger partial charge in [0, 0.05) is 11.5 Å². The van der Waals surface area contributed by atoms with Crippen LogP contribution in [0.25, 0.3) is 0 Å². The van der Waals surface area contributed by atoms with Crippen LogP contribution in [0.3, 0.4) is 0 Å². The smallest absolute Gasteiger partial charge is 0.334 e. The van der Waals surface area contributed by atoms with E-state index < -0.39 is 0 Å². The van der Waals surface area contributed by atoms with E-state index in [9.17, 15) is 4.79 Å². The van der Waals surface area contributed by atoms with Gasteiger partial charge in [-0.1, -0.05) is 45.6 Å². The summed E-state index contributed by atoms with van der Waals surface area (Å²) in [6.07, 6.45) is 9.96. The molecule has 2 aliphatic rings. The predicted molar refractivity (Wildman–Crippen MR) is 68.6 cm³/mol. The maximum absolute atomic E-state index is 11.7. The van der Waals surface area contributed by atoms with E-state index in [0.29, 0.717) is 11.8 Å². The third-order valence-electron chi connectivity index (χ3n) is 4.33. The van der Waals surface area contributed by atoms with Gasteiger partial charge in [0.05, 0.1) is 0 Å². The van der Waals surface area contributed by atoms with E-state index in [1.807, 2.05) is 0 Å². The fourth-order valence-corrected chi connectivity index (χ4v) is 3.28. The molecule has 2 nitrogen and oxygen atoms in total. The van der Waals surface area contributed by atoms with Gasteiger partial charge in [-0.15, -0.1) is 0 Å². The van der Waals surface area contributed by atoms with Gasteiger partial charge in [-0.25, -0.2) is 4.79 Å². The molecule has 17 heavy (non-hydrogen) atoms. The molecule has 0 bridgehead atoms. The number of ether oxygens (including phenoxy) is 1. The third-order valence-corrected chi connectivity index (χ3v) is 4.33. The minimum atomic E-state index is -0.137. The highest BCUT2D eigenvalue weighted by Gasteiger charge is 2.42. The fourth-order valence-electron chi connectivity index (χ4n) is 3.28. The van der Waals surface area contributed by atoms with Crippen molar-refractivity contribution in [1.29, 1.82) is 0 Å². The summed E-state index contributed by atoms with van der Waals surface area (Å²) < 4.78 is 5.58. The molecule has 0 aromatic carbocycles. The largest absolute Gasteiger partial charge is 0.458 e. The molecule has 0 N–H and O–H groups in total. The molecule has 0 unspecified atom stereocenters. The number of esters is 1. The standard InChI is InChI=1S/C15H24O2/c1-3-4-10-13-11(2)15(16)17-14(13)12-8-6-5-7-9-12/h12-14H,2-10H2,1H3/t13-,14-/m0/s1. The zero-order chi connectivity index (χ0) is 12.3. The summed E-state index contributed by atoms with van der Waals surface area (Å²) >= 11 is 0. The molecular weight excluding hydrogens is 212 g/mol. The van der Waals surface area contributed by atoms with Crippen molar-refractivity contribution in [2.45, 2.75) is 64.4 Å². The molecule has 1 saturated heterocycles. The van der Waals surface area contributed by atoms with Crippen LogP contribution in [0.2, 0.25) is 0 Å². The molecule has 1 aliphatic carbocycles. The van der Waals surface area contributed by atoms with Gasteiger partial charge in [0.2, 0.25) is 0 Å². The lowest BCUT2D eigenvalue weighted by molar-refractivity contribution is -0.141. The second-order valence-corrected chi connectivity index (χ2v) is 5.54. The number of cyclic esters (lactones) is 1. The van der Waals surface area contributed by atoms with Crippen LogP contribution in [0.4, 0.5) is 0 Å². The highest BCUT2D eigenvalue weighted by Crippen LogP contribution is 2.40. The summed E-state index contributed by atoms with van der Waals surface area (Å²) in [7, 11) is 0. The lowest BCUT2D eigenvalue weighted by Gasteiger charge is -2.29. The predicted octanol–water partition coefficient (Wildman–Crippen LogP) is 3.85. The molecule has 2 fully saturated rings. The van der Waals surface area contributed by atoms with Crippen molar-refractivity contribution in [2.24, 2.45) is 11.8 Å². The molecule has 2 rings (SSSR count). The van der Waals surface area contributed by atoms with Crippen molar-refractivity contribution >= 4 is 5.97 Å². The second-order valence-electron chi connectivity index (χ2n) is 5.54. The molecule has 1 heterocycles. The first kappa shape index (κ1) is 12.7. The summed E-state index contributed by atoms with van der Waals surface area (Å²) in [6, 6.07) is 0. The summed E-state index contributed by atoms with van der Waals surface area (Å²) in [5.41, 5.74) is 0.731. The number of carbonyl (C=O) groups is 1. The SMILES string of the molecule is C=C1C(=O)O[C@@H](C2CCCCC2)[C@H]1CCCC. The van der Waals surface area contributed by atoms with E-state index in [1.165, 1.54) is 44.9 Å². The van der Waals surface area contributed by atoms with Crippen LogP contribution in [0, 0.1) is 11.8 Å². The van der Waals surface area contributed by atoms with Crippen molar-refractivity contribution in [1.82, 2.24) is 0 Å².